The fourth-order valence-corrected chi connectivity index (χ4v) is 1.60. The normalized spacial score (nSPS) is 18.8. The molecule has 3 heterocycles. The molecule has 2 aromatic heterocycles. The fourth-order valence-electron chi connectivity index (χ4n) is 1.60. The molecule has 1 aliphatic heterocycles. The number of ether oxygens (including phenoxy) is 1. The van der Waals surface area contributed by atoms with Crippen LogP contribution in [-0.4, -0.2) is 37.0 Å². The Hall–Kier alpha value is -1.89. The molecule has 0 aliphatic carbocycles. The molecule has 16 heavy (non-hydrogen) atoms. The van der Waals surface area contributed by atoms with Crippen molar-refractivity contribution in [1.82, 2.24) is 30.4 Å². The molecule has 0 spiro atoms. The molecular formula is C9H10N6O. The van der Waals surface area contributed by atoms with Crippen LogP contribution in [0, 0.1) is 13.8 Å². The van der Waals surface area contributed by atoms with Crippen molar-refractivity contribution >= 4 is 0 Å². The molecule has 0 saturated carbocycles. The predicted molar refractivity (Wildman–Crippen MR) is 52.9 cm³/mol. The van der Waals surface area contributed by atoms with Gasteiger partial charge >= 0.3 is 0 Å². The van der Waals surface area contributed by atoms with Gasteiger partial charge in [0, 0.05) is 5.56 Å². The summed E-state index contributed by atoms with van der Waals surface area (Å²) in [5, 5.41) is 19.3. The van der Waals surface area contributed by atoms with E-state index in [0.29, 0.717) is 5.82 Å². The number of rotatable bonds is 2. The zero-order valence-electron chi connectivity index (χ0n) is 8.95. The number of hydrogen-bond donors (Lipinski definition) is 0. The van der Waals surface area contributed by atoms with Gasteiger partial charge in [-0.15, -0.1) is 10.2 Å². The lowest BCUT2D eigenvalue weighted by Crippen LogP contribution is -2.08. The second kappa shape index (κ2) is 3.31. The number of aromatic nitrogens is 6. The van der Waals surface area contributed by atoms with E-state index in [9.17, 15) is 0 Å². The lowest BCUT2D eigenvalue weighted by Gasteiger charge is -2.08. The summed E-state index contributed by atoms with van der Waals surface area (Å²) in [6.45, 7) is 4.72. The summed E-state index contributed by atoms with van der Waals surface area (Å²) < 4.78 is 6.72. The van der Waals surface area contributed by atoms with Crippen LogP contribution in [0.15, 0.2) is 6.33 Å². The van der Waals surface area contributed by atoms with Gasteiger partial charge in [-0.25, -0.2) is 0 Å². The highest BCUT2D eigenvalue weighted by molar-refractivity contribution is 5.39. The van der Waals surface area contributed by atoms with E-state index < -0.39 is 0 Å². The highest BCUT2D eigenvalue weighted by atomic mass is 16.6. The maximum atomic E-state index is 5.21. The molecule has 0 bridgehead atoms. The topological polar surface area (TPSA) is 81.9 Å². The molecule has 0 amide bonds. The molecule has 0 radical (unpaired) electrons. The van der Waals surface area contributed by atoms with E-state index in [4.69, 9.17) is 4.74 Å². The van der Waals surface area contributed by atoms with Crippen molar-refractivity contribution in [2.75, 3.05) is 6.61 Å². The maximum absolute atomic E-state index is 5.21. The van der Waals surface area contributed by atoms with Crippen molar-refractivity contribution in [3.8, 4) is 5.82 Å². The average molecular weight is 218 g/mol. The third kappa shape index (κ3) is 1.36. The van der Waals surface area contributed by atoms with E-state index >= 15 is 0 Å². The SMILES string of the molecule is Cc1c([C@@H]2CO2)nnc(-n2cnnn2)c1C. The Bertz CT molecular complexity index is 519. The third-order valence-electron chi connectivity index (χ3n) is 2.74. The largest absolute Gasteiger partial charge is 0.366 e. The Morgan fingerprint density at radius 1 is 1.31 bits per heavy atom. The summed E-state index contributed by atoms with van der Waals surface area (Å²) in [5.41, 5.74) is 3.02. The molecule has 1 saturated heterocycles. The number of tetrazole rings is 1. The maximum Gasteiger partial charge on any atom is 0.182 e. The summed E-state index contributed by atoms with van der Waals surface area (Å²) in [6, 6.07) is 0. The van der Waals surface area contributed by atoms with E-state index in [1.54, 1.807) is 0 Å². The second-order valence-electron chi connectivity index (χ2n) is 3.74. The molecule has 1 aliphatic rings. The Kier molecular flexibility index (Phi) is 1.93. The van der Waals surface area contributed by atoms with E-state index in [2.05, 4.69) is 25.7 Å². The van der Waals surface area contributed by atoms with Gasteiger partial charge in [0.1, 0.15) is 12.4 Å². The smallest absolute Gasteiger partial charge is 0.182 e. The number of hydrogen-bond acceptors (Lipinski definition) is 6. The molecule has 1 fully saturated rings. The number of epoxide rings is 1. The van der Waals surface area contributed by atoms with Crippen LogP contribution in [0.4, 0.5) is 0 Å². The zero-order valence-corrected chi connectivity index (χ0v) is 8.95. The highest BCUT2D eigenvalue weighted by Gasteiger charge is 2.29. The van der Waals surface area contributed by atoms with Crippen molar-refractivity contribution in [1.29, 1.82) is 0 Å². The molecule has 0 N–H and O–H groups in total. The molecule has 1 atom stereocenters. The van der Waals surface area contributed by atoms with Crippen LogP contribution >= 0.6 is 0 Å². The van der Waals surface area contributed by atoms with Crippen molar-refractivity contribution in [2.45, 2.75) is 20.0 Å². The van der Waals surface area contributed by atoms with Gasteiger partial charge in [-0.1, -0.05) is 0 Å². The van der Waals surface area contributed by atoms with Crippen LogP contribution in [0.1, 0.15) is 22.9 Å². The van der Waals surface area contributed by atoms with Gasteiger partial charge in [0.15, 0.2) is 5.82 Å². The van der Waals surface area contributed by atoms with Crippen molar-refractivity contribution in [3.63, 3.8) is 0 Å². The van der Waals surface area contributed by atoms with Gasteiger partial charge in [0.2, 0.25) is 0 Å². The monoisotopic (exact) mass is 218 g/mol. The van der Waals surface area contributed by atoms with Crippen molar-refractivity contribution in [3.05, 3.63) is 23.1 Å². The van der Waals surface area contributed by atoms with Crippen LogP contribution in [0.25, 0.3) is 5.82 Å². The standard InChI is InChI=1S/C9H10N6O/c1-5-6(2)9(15-4-10-13-14-15)12-11-8(5)7-3-16-7/h4,7H,3H2,1-2H3/t7-/m0/s1. The van der Waals surface area contributed by atoms with E-state index in [1.807, 2.05) is 13.8 Å². The van der Waals surface area contributed by atoms with Crippen molar-refractivity contribution < 1.29 is 4.74 Å². The van der Waals surface area contributed by atoms with Crippen LogP contribution < -0.4 is 0 Å². The molecule has 0 unspecified atom stereocenters. The average Bonchev–Trinajstić information content (AvgIpc) is 2.98. The van der Waals surface area contributed by atoms with Gasteiger partial charge < -0.3 is 4.74 Å². The van der Waals surface area contributed by atoms with Crippen LogP contribution in [0.3, 0.4) is 0 Å². The first-order chi connectivity index (χ1) is 7.77. The minimum atomic E-state index is 0.120. The molecule has 82 valence electrons. The summed E-state index contributed by atoms with van der Waals surface area (Å²) in [5.74, 6) is 0.659. The summed E-state index contributed by atoms with van der Waals surface area (Å²) in [7, 11) is 0. The quantitative estimate of drug-likeness (QED) is 0.667. The van der Waals surface area contributed by atoms with Gasteiger partial charge in [-0.05, 0) is 29.8 Å². The summed E-state index contributed by atoms with van der Waals surface area (Å²) in [6.07, 6.45) is 1.62. The molecule has 0 aromatic carbocycles. The Morgan fingerprint density at radius 2 is 2.12 bits per heavy atom. The lowest BCUT2D eigenvalue weighted by molar-refractivity contribution is 0.408. The first kappa shape index (κ1) is 9.34. The highest BCUT2D eigenvalue weighted by Crippen LogP contribution is 2.31. The third-order valence-corrected chi connectivity index (χ3v) is 2.74. The predicted octanol–water partition coefficient (Wildman–Crippen LogP) is 0.140. The number of nitrogens with zero attached hydrogens (tertiary/aromatic N) is 6. The van der Waals surface area contributed by atoms with Gasteiger partial charge in [-0.2, -0.15) is 9.78 Å². The van der Waals surface area contributed by atoms with Crippen LogP contribution in [0.2, 0.25) is 0 Å². The van der Waals surface area contributed by atoms with Gasteiger partial charge in [-0.3, -0.25) is 0 Å². The minimum Gasteiger partial charge on any atom is -0.366 e. The Balaban J connectivity index is 2.11. The zero-order chi connectivity index (χ0) is 11.1. The van der Waals surface area contributed by atoms with E-state index in [-0.39, 0.29) is 6.10 Å². The molecule has 3 rings (SSSR count). The summed E-state index contributed by atoms with van der Waals surface area (Å²) in [4.78, 5) is 0. The van der Waals surface area contributed by atoms with E-state index in [1.165, 1.54) is 11.0 Å². The Morgan fingerprint density at radius 3 is 2.75 bits per heavy atom. The molecule has 2 aromatic rings. The van der Waals surface area contributed by atoms with Crippen LogP contribution in [0.5, 0.6) is 0 Å². The lowest BCUT2D eigenvalue weighted by atomic mass is 10.1. The first-order valence-electron chi connectivity index (χ1n) is 4.96. The molecule has 7 nitrogen and oxygen atoms in total. The minimum absolute atomic E-state index is 0.120. The van der Waals surface area contributed by atoms with Gasteiger partial charge in [0.05, 0.1) is 12.3 Å². The second-order valence-corrected chi connectivity index (χ2v) is 3.74. The Labute approximate surface area is 91.4 Å². The first-order valence-corrected chi connectivity index (χ1v) is 4.96. The van der Waals surface area contributed by atoms with Crippen LogP contribution in [-0.2, 0) is 4.74 Å². The summed E-state index contributed by atoms with van der Waals surface area (Å²) >= 11 is 0. The van der Waals surface area contributed by atoms with Crippen molar-refractivity contribution in [2.24, 2.45) is 0 Å². The van der Waals surface area contributed by atoms with E-state index in [0.717, 1.165) is 23.4 Å². The fraction of sp³-hybridized carbons (Fsp3) is 0.444. The van der Waals surface area contributed by atoms with Gasteiger partial charge in [0.25, 0.3) is 0 Å². The molecular weight excluding hydrogens is 208 g/mol. The molecule has 7 heteroatoms.